The second-order valence-corrected chi connectivity index (χ2v) is 7.28. The number of rotatable bonds is 2. The van der Waals surface area contributed by atoms with Gasteiger partial charge in [-0.25, -0.2) is 9.97 Å². The molecular formula is C23H18N6. The van der Waals surface area contributed by atoms with Crippen LogP contribution in [0.1, 0.15) is 11.1 Å². The van der Waals surface area contributed by atoms with E-state index in [9.17, 15) is 0 Å². The van der Waals surface area contributed by atoms with E-state index < -0.39 is 0 Å². The smallest absolute Gasteiger partial charge is 0.229 e. The summed E-state index contributed by atoms with van der Waals surface area (Å²) in [5.41, 5.74) is 5.41. The predicted molar refractivity (Wildman–Crippen MR) is 113 cm³/mol. The number of hydrogen-bond acceptors (Lipinski definition) is 5. The lowest BCUT2D eigenvalue weighted by atomic mass is 10.0. The van der Waals surface area contributed by atoms with Gasteiger partial charge in [-0.2, -0.15) is 4.52 Å². The molecule has 0 amide bonds. The Kier molecular flexibility index (Phi) is 3.56. The number of nitrogens with zero attached hydrogens (tertiary/aromatic N) is 6. The van der Waals surface area contributed by atoms with Crippen molar-refractivity contribution in [1.82, 2.24) is 24.6 Å². The van der Waals surface area contributed by atoms with Crippen LogP contribution in [0, 0.1) is 0 Å². The minimum absolute atomic E-state index is 0.662. The zero-order valence-electron chi connectivity index (χ0n) is 15.7. The molecule has 6 heteroatoms. The molecule has 0 radical (unpaired) electrons. The van der Waals surface area contributed by atoms with Crippen molar-refractivity contribution >= 4 is 22.5 Å². The monoisotopic (exact) mass is 378 g/mol. The molecule has 0 bridgehead atoms. The van der Waals surface area contributed by atoms with Crippen molar-refractivity contribution in [3.63, 3.8) is 0 Å². The predicted octanol–water partition coefficient (Wildman–Crippen LogP) is 3.90. The standard InChI is InChI=1S/C23H18N6/c1-2-7-18-15-28(13-11-16(18)6-1)23-25-20-10-4-3-9-19(20)22-26-21(27-29(22)23)17-8-5-12-24-14-17/h1-10,12,14H,11,13,15H2. The van der Waals surface area contributed by atoms with Crippen molar-refractivity contribution < 1.29 is 0 Å². The molecule has 6 nitrogen and oxygen atoms in total. The second kappa shape index (κ2) is 6.38. The second-order valence-electron chi connectivity index (χ2n) is 7.28. The molecule has 0 atom stereocenters. The van der Waals surface area contributed by atoms with Crippen molar-refractivity contribution in [1.29, 1.82) is 0 Å². The van der Waals surface area contributed by atoms with E-state index in [1.807, 2.05) is 34.8 Å². The van der Waals surface area contributed by atoms with Crippen LogP contribution < -0.4 is 4.90 Å². The van der Waals surface area contributed by atoms with Crippen LogP contribution in [0.2, 0.25) is 0 Å². The third kappa shape index (κ3) is 2.64. The molecule has 0 fully saturated rings. The first-order valence-corrected chi connectivity index (χ1v) is 9.74. The van der Waals surface area contributed by atoms with Crippen LogP contribution in [0.15, 0.2) is 73.1 Å². The molecule has 0 N–H and O–H groups in total. The van der Waals surface area contributed by atoms with Crippen LogP contribution >= 0.6 is 0 Å². The third-order valence-corrected chi connectivity index (χ3v) is 5.50. The minimum atomic E-state index is 0.662. The number of benzene rings is 2. The number of pyridine rings is 1. The highest BCUT2D eigenvalue weighted by molar-refractivity contribution is 5.93. The van der Waals surface area contributed by atoms with Gasteiger partial charge in [0.2, 0.25) is 5.95 Å². The summed E-state index contributed by atoms with van der Waals surface area (Å²) in [4.78, 5) is 16.3. The number of para-hydroxylation sites is 1. The molecule has 0 saturated heterocycles. The largest absolute Gasteiger partial charge is 0.336 e. The van der Waals surface area contributed by atoms with Gasteiger partial charge in [-0.15, -0.1) is 5.10 Å². The van der Waals surface area contributed by atoms with Crippen molar-refractivity contribution in [2.45, 2.75) is 13.0 Å². The summed E-state index contributed by atoms with van der Waals surface area (Å²) in [6.07, 6.45) is 4.55. The van der Waals surface area contributed by atoms with Crippen molar-refractivity contribution in [3.8, 4) is 11.4 Å². The molecule has 0 aliphatic carbocycles. The Morgan fingerprint density at radius 1 is 0.828 bits per heavy atom. The van der Waals surface area contributed by atoms with Gasteiger partial charge in [0.1, 0.15) is 0 Å². The lowest BCUT2D eigenvalue weighted by Gasteiger charge is -2.29. The third-order valence-electron chi connectivity index (χ3n) is 5.50. The molecule has 140 valence electrons. The Labute approximate surface area is 167 Å². The minimum Gasteiger partial charge on any atom is -0.336 e. The number of anilines is 1. The molecule has 0 unspecified atom stereocenters. The Balaban J connectivity index is 1.56. The molecule has 2 aromatic carbocycles. The van der Waals surface area contributed by atoms with Crippen molar-refractivity contribution in [2.24, 2.45) is 0 Å². The first-order chi connectivity index (χ1) is 14.4. The maximum absolute atomic E-state index is 4.98. The Hall–Kier alpha value is -3.80. The van der Waals surface area contributed by atoms with Gasteiger partial charge in [-0.1, -0.05) is 36.4 Å². The van der Waals surface area contributed by atoms with E-state index in [0.29, 0.717) is 5.82 Å². The molecule has 4 heterocycles. The summed E-state index contributed by atoms with van der Waals surface area (Å²) < 4.78 is 1.89. The summed E-state index contributed by atoms with van der Waals surface area (Å²) in [6.45, 7) is 1.72. The topological polar surface area (TPSA) is 59.2 Å². The zero-order chi connectivity index (χ0) is 19.2. The Morgan fingerprint density at radius 2 is 1.69 bits per heavy atom. The molecule has 1 aliphatic heterocycles. The normalized spacial score (nSPS) is 13.7. The fourth-order valence-corrected chi connectivity index (χ4v) is 4.03. The van der Waals surface area contributed by atoms with Crippen molar-refractivity contribution in [2.75, 3.05) is 11.4 Å². The van der Waals surface area contributed by atoms with Crippen LogP contribution in [0.4, 0.5) is 5.95 Å². The average Bonchev–Trinajstić information content (AvgIpc) is 3.25. The maximum atomic E-state index is 4.98. The number of hydrogen-bond donors (Lipinski definition) is 0. The van der Waals surface area contributed by atoms with Crippen LogP contribution in [0.5, 0.6) is 0 Å². The van der Waals surface area contributed by atoms with Crippen molar-refractivity contribution in [3.05, 3.63) is 84.2 Å². The highest BCUT2D eigenvalue weighted by atomic mass is 15.4. The molecule has 0 saturated carbocycles. The molecule has 3 aromatic heterocycles. The lowest BCUT2D eigenvalue weighted by molar-refractivity contribution is 0.692. The molecule has 6 rings (SSSR count). The maximum Gasteiger partial charge on any atom is 0.229 e. The average molecular weight is 378 g/mol. The van der Waals surface area contributed by atoms with Crippen LogP contribution in [-0.2, 0) is 13.0 Å². The number of aromatic nitrogens is 5. The van der Waals surface area contributed by atoms with Gasteiger partial charge in [0.25, 0.3) is 0 Å². The Morgan fingerprint density at radius 3 is 2.59 bits per heavy atom. The summed E-state index contributed by atoms with van der Waals surface area (Å²) in [6, 6.07) is 20.6. The highest BCUT2D eigenvalue weighted by Crippen LogP contribution is 2.28. The fourth-order valence-electron chi connectivity index (χ4n) is 4.03. The van der Waals surface area contributed by atoms with E-state index >= 15 is 0 Å². The fraction of sp³-hybridized carbons (Fsp3) is 0.130. The molecule has 29 heavy (non-hydrogen) atoms. The number of fused-ring (bicyclic) bond motifs is 4. The van der Waals surface area contributed by atoms with E-state index in [-0.39, 0.29) is 0 Å². The van der Waals surface area contributed by atoms with Gasteiger partial charge in [0.05, 0.1) is 5.52 Å². The highest BCUT2D eigenvalue weighted by Gasteiger charge is 2.22. The van der Waals surface area contributed by atoms with E-state index in [1.54, 1.807) is 12.4 Å². The van der Waals surface area contributed by atoms with Gasteiger partial charge in [-0.3, -0.25) is 4.98 Å². The zero-order valence-corrected chi connectivity index (χ0v) is 15.7. The van der Waals surface area contributed by atoms with Gasteiger partial charge < -0.3 is 4.90 Å². The lowest BCUT2D eigenvalue weighted by Crippen LogP contribution is -2.32. The van der Waals surface area contributed by atoms with E-state index in [4.69, 9.17) is 15.1 Å². The summed E-state index contributed by atoms with van der Waals surface area (Å²) >= 11 is 0. The first-order valence-electron chi connectivity index (χ1n) is 9.74. The van der Waals surface area contributed by atoms with Gasteiger partial charge in [0.15, 0.2) is 11.5 Å². The first kappa shape index (κ1) is 16.2. The SMILES string of the molecule is c1cncc(-c2nc3c4ccccc4nc(N4CCc5ccccc5C4)n3n2)c1. The van der Waals surface area contributed by atoms with Crippen LogP contribution in [-0.4, -0.2) is 31.1 Å². The van der Waals surface area contributed by atoms with E-state index in [0.717, 1.165) is 47.6 Å². The molecular weight excluding hydrogens is 360 g/mol. The molecule has 1 aliphatic rings. The molecule has 5 aromatic rings. The Bertz CT molecular complexity index is 1340. The van der Waals surface area contributed by atoms with Crippen LogP contribution in [0.25, 0.3) is 27.9 Å². The summed E-state index contributed by atoms with van der Waals surface area (Å²) in [5.74, 6) is 1.49. The quantitative estimate of drug-likeness (QED) is 0.466. The van der Waals surface area contributed by atoms with Gasteiger partial charge >= 0.3 is 0 Å². The molecule has 0 spiro atoms. The van der Waals surface area contributed by atoms with Gasteiger partial charge in [-0.05, 0) is 41.8 Å². The van der Waals surface area contributed by atoms with E-state index in [1.165, 1.54) is 11.1 Å². The van der Waals surface area contributed by atoms with Gasteiger partial charge in [0, 0.05) is 36.4 Å². The van der Waals surface area contributed by atoms with E-state index in [2.05, 4.69) is 40.2 Å². The summed E-state index contributed by atoms with van der Waals surface area (Å²) in [5, 5.41) is 5.82. The summed E-state index contributed by atoms with van der Waals surface area (Å²) in [7, 11) is 0. The van der Waals surface area contributed by atoms with Crippen LogP contribution in [0.3, 0.4) is 0 Å².